The van der Waals surface area contributed by atoms with Gasteiger partial charge in [0, 0.05) is 12.6 Å². The fraction of sp³-hybridized carbons (Fsp3) is 0.533. The minimum atomic E-state index is -0.0667. The summed E-state index contributed by atoms with van der Waals surface area (Å²) in [6, 6.07) is 9.67. The summed E-state index contributed by atoms with van der Waals surface area (Å²) in [5.41, 5.74) is 5.93. The van der Waals surface area contributed by atoms with Gasteiger partial charge in [-0.15, -0.1) is 12.4 Å². The standard InChI is InChI=1S/C15H22N2O2.ClH/c16-13-6-4-5-12(9-13)10-17-15(18)11-19-14-7-2-1-3-8-14;/h1-3,7-8,12-13H,4-6,9-11,16H2,(H,17,18);1H. The molecule has 1 aromatic rings. The van der Waals surface area contributed by atoms with Crippen LogP contribution < -0.4 is 15.8 Å². The van der Waals surface area contributed by atoms with E-state index in [4.69, 9.17) is 10.5 Å². The van der Waals surface area contributed by atoms with Gasteiger partial charge in [-0.05, 0) is 37.3 Å². The number of hydrogen-bond acceptors (Lipinski definition) is 3. The normalized spacial score (nSPS) is 21.6. The third kappa shape index (κ3) is 5.80. The fourth-order valence-electron chi connectivity index (χ4n) is 2.49. The molecule has 1 fully saturated rings. The summed E-state index contributed by atoms with van der Waals surface area (Å²) < 4.78 is 5.39. The van der Waals surface area contributed by atoms with Crippen molar-refractivity contribution in [3.63, 3.8) is 0 Å². The van der Waals surface area contributed by atoms with Crippen molar-refractivity contribution in [2.45, 2.75) is 31.7 Å². The van der Waals surface area contributed by atoms with Gasteiger partial charge in [0.25, 0.3) is 5.91 Å². The molecule has 5 heteroatoms. The molecule has 1 aromatic carbocycles. The quantitative estimate of drug-likeness (QED) is 0.875. The molecule has 1 aliphatic rings. The van der Waals surface area contributed by atoms with Gasteiger partial charge in [-0.2, -0.15) is 0 Å². The zero-order valence-corrected chi connectivity index (χ0v) is 12.4. The number of halogens is 1. The summed E-state index contributed by atoms with van der Waals surface area (Å²) >= 11 is 0. The van der Waals surface area contributed by atoms with E-state index in [1.807, 2.05) is 30.3 Å². The lowest BCUT2D eigenvalue weighted by molar-refractivity contribution is -0.123. The van der Waals surface area contributed by atoms with E-state index >= 15 is 0 Å². The lowest BCUT2D eigenvalue weighted by Gasteiger charge is -2.26. The lowest BCUT2D eigenvalue weighted by atomic mass is 9.86. The first kappa shape index (κ1) is 16.8. The molecule has 0 bridgehead atoms. The van der Waals surface area contributed by atoms with Crippen LogP contribution in [0.15, 0.2) is 30.3 Å². The van der Waals surface area contributed by atoms with Crippen LogP contribution in [0, 0.1) is 5.92 Å². The molecule has 2 rings (SSSR count). The van der Waals surface area contributed by atoms with Gasteiger partial charge < -0.3 is 15.8 Å². The Morgan fingerprint density at radius 3 is 2.75 bits per heavy atom. The van der Waals surface area contributed by atoms with Gasteiger partial charge in [-0.3, -0.25) is 4.79 Å². The molecule has 112 valence electrons. The average Bonchev–Trinajstić information content (AvgIpc) is 2.44. The topological polar surface area (TPSA) is 64.3 Å². The van der Waals surface area contributed by atoms with Crippen LogP contribution in [-0.4, -0.2) is 25.1 Å². The highest BCUT2D eigenvalue weighted by molar-refractivity contribution is 5.85. The van der Waals surface area contributed by atoms with Gasteiger partial charge in [0.05, 0.1) is 0 Å². The monoisotopic (exact) mass is 298 g/mol. The number of nitrogens with two attached hydrogens (primary N) is 1. The van der Waals surface area contributed by atoms with Crippen LogP contribution in [0.25, 0.3) is 0 Å². The number of amides is 1. The Morgan fingerprint density at radius 1 is 1.30 bits per heavy atom. The molecule has 1 saturated carbocycles. The molecule has 0 aliphatic heterocycles. The SMILES string of the molecule is Cl.NC1CCCC(CNC(=O)COc2ccccc2)C1. The van der Waals surface area contributed by atoms with Crippen LogP contribution in [0.1, 0.15) is 25.7 Å². The van der Waals surface area contributed by atoms with E-state index in [1.165, 1.54) is 6.42 Å². The van der Waals surface area contributed by atoms with Crippen molar-refractivity contribution in [2.75, 3.05) is 13.2 Å². The number of benzene rings is 1. The minimum absolute atomic E-state index is 0. The molecular weight excluding hydrogens is 276 g/mol. The van der Waals surface area contributed by atoms with Gasteiger partial charge >= 0.3 is 0 Å². The number of para-hydroxylation sites is 1. The van der Waals surface area contributed by atoms with Crippen LogP contribution in [0.4, 0.5) is 0 Å². The number of hydrogen-bond donors (Lipinski definition) is 2. The Balaban J connectivity index is 0.00000200. The average molecular weight is 299 g/mol. The summed E-state index contributed by atoms with van der Waals surface area (Å²) in [5.74, 6) is 1.17. The first-order valence-electron chi connectivity index (χ1n) is 6.94. The third-order valence-corrected chi connectivity index (χ3v) is 3.52. The highest BCUT2D eigenvalue weighted by Crippen LogP contribution is 2.22. The maximum atomic E-state index is 11.7. The summed E-state index contributed by atoms with van der Waals surface area (Å²) in [7, 11) is 0. The first-order valence-corrected chi connectivity index (χ1v) is 6.94. The van der Waals surface area contributed by atoms with Gasteiger partial charge in [0.2, 0.25) is 0 Å². The second kappa shape index (κ2) is 8.82. The highest BCUT2D eigenvalue weighted by atomic mass is 35.5. The van der Waals surface area contributed by atoms with Gasteiger partial charge in [-0.1, -0.05) is 24.6 Å². The molecule has 0 spiro atoms. The van der Waals surface area contributed by atoms with Crippen molar-refractivity contribution in [3.05, 3.63) is 30.3 Å². The van der Waals surface area contributed by atoms with Crippen molar-refractivity contribution >= 4 is 18.3 Å². The Hall–Kier alpha value is -1.26. The number of carbonyl (C=O) groups excluding carboxylic acids is 1. The fourth-order valence-corrected chi connectivity index (χ4v) is 2.49. The van der Waals surface area contributed by atoms with E-state index in [0.717, 1.165) is 25.0 Å². The number of carbonyl (C=O) groups is 1. The molecule has 3 N–H and O–H groups in total. The van der Waals surface area contributed by atoms with Gasteiger partial charge in [-0.25, -0.2) is 0 Å². The predicted molar refractivity (Wildman–Crippen MR) is 82.1 cm³/mol. The van der Waals surface area contributed by atoms with Gasteiger partial charge in [0.1, 0.15) is 5.75 Å². The van der Waals surface area contributed by atoms with Gasteiger partial charge in [0.15, 0.2) is 6.61 Å². The first-order chi connectivity index (χ1) is 9.24. The van der Waals surface area contributed by atoms with E-state index in [0.29, 0.717) is 18.5 Å². The Kier molecular flexibility index (Phi) is 7.41. The molecule has 1 amide bonds. The van der Waals surface area contributed by atoms with E-state index in [-0.39, 0.29) is 24.9 Å². The second-order valence-corrected chi connectivity index (χ2v) is 5.20. The van der Waals surface area contributed by atoms with Crippen molar-refractivity contribution in [3.8, 4) is 5.75 Å². The van der Waals surface area contributed by atoms with Crippen molar-refractivity contribution in [1.29, 1.82) is 0 Å². The predicted octanol–water partition coefficient (Wildman–Crippen LogP) is 2.12. The Morgan fingerprint density at radius 2 is 2.05 bits per heavy atom. The smallest absolute Gasteiger partial charge is 0.257 e. The van der Waals surface area contributed by atoms with Crippen LogP contribution in [-0.2, 0) is 4.79 Å². The summed E-state index contributed by atoms with van der Waals surface area (Å²) in [6.45, 7) is 0.785. The molecule has 2 atom stereocenters. The van der Waals surface area contributed by atoms with Crippen molar-refractivity contribution < 1.29 is 9.53 Å². The summed E-state index contributed by atoms with van der Waals surface area (Å²) in [4.78, 5) is 11.7. The van der Waals surface area contributed by atoms with Crippen LogP contribution in [0.3, 0.4) is 0 Å². The Labute approximate surface area is 126 Å². The molecule has 0 radical (unpaired) electrons. The third-order valence-electron chi connectivity index (χ3n) is 3.52. The molecular formula is C15H23ClN2O2. The highest BCUT2D eigenvalue weighted by Gasteiger charge is 2.19. The molecule has 0 aromatic heterocycles. The summed E-state index contributed by atoms with van der Waals surface area (Å²) in [6.07, 6.45) is 4.46. The van der Waals surface area contributed by atoms with E-state index in [9.17, 15) is 4.79 Å². The van der Waals surface area contributed by atoms with E-state index < -0.39 is 0 Å². The second-order valence-electron chi connectivity index (χ2n) is 5.20. The number of nitrogens with one attached hydrogen (secondary N) is 1. The number of rotatable bonds is 5. The molecule has 20 heavy (non-hydrogen) atoms. The molecule has 0 saturated heterocycles. The van der Waals surface area contributed by atoms with E-state index in [1.54, 1.807) is 0 Å². The lowest BCUT2D eigenvalue weighted by Crippen LogP contribution is -2.37. The van der Waals surface area contributed by atoms with Crippen LogP contribution in [0.2, 0.25) is 0 Å². The van der Waals surface area contributed by atoms with Crippen LogP contribution in [0.5, 0.6) is 5.75 Å². The van der Waals surface area contributed by atoms with Crippen LogP contribution >= 0.6 is 12.4 Å². The van der Waals surface area contributed by atoms with Crippen molar-refractivity contribution in [2.24, 2.45) is 11.7 Å². The number of ether oxygens (including phenoxy) is 1. The zero-order chi connectivity index (χ0) is 13.5. The van der Waals surface area contributed by atoms with Crippen molar-refractivity contribution in [1.82, 2.24) is 5.32 Å². The maximum absolute atomic E-state index is 11.7. The molecule has 2 unspecified atom stereocenters. The van der Waals surface area contributed by atoms with E-state index in [2.05, 4.69) is 5.32 Å². The Bertz CT molecular complexity index is 400. The zero-order valence-electron chi connectivity index (χ0n) is 11.6. The minimum Gasteiger partial charge on any atom is -0.484 e. The molecule has 0 heterocycles. The molecule has 4 nitrogen and oxygen atoms in total. The molecule has 1 aliphatic carbocycles. The summed E-state index contributed by atoms with van der Waals surface area (Å²) in [5, 5.41) is 2.92. The maximum Gasteiger partial charge on any atom is 0.257 e. The largest absolute Gasteiger partial charge is 0.484 e.